The molecule has 0 fully saturated rings. The lowest BCUT2D eigenvalue weighted by atomic mass is 9.89. The minimum absolute atomic E-state index is 0.695. The lowest BCUT2D eigenvalue weighted by Gasteiger charge is -2.16. The van der Waals surface area contributed by atoms with E-state index in [4.69, 9.17) is 19.4 Å². The molecule has 0 aliphatic rings. The van der Waals surface area contributed by atoms with Crippen LogP contribution in [0.2, 0.25) is 0 Å². The van der Waals surface area contributed by atoms with Gasteiger partial charge in [0, 0.05) is 54.7 Å². The number of pyridine rings is 1. The van der Waals surface area contributed by atoms with E-state index in [1.807, 2.05) is 36.4 Å². The van der Waals surface area contributed by atoms with Crippen molar-refractivity contribution in [3.05, 3.63) is 224 Å². The van der Waals surface area contributed by atoms with Crippen molar-refractivity contribution in [2.24, 2.45) is 0 Å². The molecule has 0 bridgehead atoms. The average Bonchev–Trinajstić information content (AvgIpc) is 3.74. The molecule has 12 rings (SSSR count). The minimum Gasteiger partial charge on any atom is -0.456 e. The van der Waals surface area contributed by atoms with Crippen molar-refractivity contribution in [2.45, 2.75) is 0 Å². The van der Waals surface area contributed by atoms with E-state index in [9.17, 15) is 0 Å². The maximum Gasteiger partial charge on any atom is 0.160 e. The van der Waals surface area contributed by atoms with Gasteiger partial charge in [-0.25, -0.2) is 15.0 Å². The smallest absolute Gasteiger partial charge is 0.160 e. The number of hydrogen-bond donors (Lipinski definition) is 0. The van der Waals surface area contributed by atoms with E-state index in [1.54, 1.807) is 0 Å². The fourth-order valence-electron chi connectivity index (χ4n) is 9.03. The Morgan fingerprint density at radius 3 is 1.52 bits per heavy atom. The van der Waals surface area contributed by atoms with Gasteiger partial charge in [0.15, 0.2) is 5.82 Å². The molecule has 0 saturated heterocycles. The van der Waals surface area contributed by atoms with Gasteiger partial charge < -0.3 is 4.42 Å². The molecule has 4 heteroatoms. The quantitative estimate of drug-likeness (QED) is 0.151. The van der Waals surface area contributed by atoms with Crippen molar-refractivity contribution in [1.29, 1.82) is 0 Å². The fraction of sp³-hybridized carbons (Fsp3) is 0. The van der Waals surface area contributed by atoms with Crippen LogP contribution in [0.3, 0.4) is 0 Å². The first-order valence-corrected chi connectivity index (χ1v) is 21.3. The molecule has 0 saturated carbocycles. The molecule has 3 heterocycles. The molecule has 0 unspecified atom stereocenters. The molecule has 0 spiro atoms. The van der Waals surface area contributed by atoms with Crippen LogP contribution in [-0.4, -0.2) is 15.0 Å². The molecule has 4 nitrogen and oxygen atoms in total. The molecule has 0 N–H and O–H groups in total. The van der Waals surface area contributed by atoms with Gasteiger partial charge >= 0.3 is 0 Å². The summed E-state index contributed by atoms with van der Waals surface area (Å²) in [6, 6.07) is 78.5. The number of para-hydroxylation sites is 2. The average molecular weight is 804 g/mol. The summed E-state index contributed by atoms with van der Waals surface area (Å²) in [5.74, 6) is 0.695. The molecule has 0 radical (unpaired) electrons. The van der Waals surface area contributed by atoms with Crippen LogP contribution in [-0.2, 0) is 0 Å². The van der Waals surface area contributed by atoms with Crippen molar-refractivity contribution in [2.75, 3.05) is 0 Å². The summed E-state index contributed by atoms with van der Waals surface area (Å²) in [5, 5.41) is 5.55. The van der Waals surface area contributed by atoms with Crippen LogP contribution in [0.4, 0.5) is 0 Å². The monoisotopic (exact) mass is 803 g/mol. The number of benzene rings is 9. The topological polar surface area (TPSA) is 51.8 Å². The largest absolute Gasteiger partial charge is 0.456 e. The second-order valence-corrected chi connectivity index (χ2v) is 15.9. The van der Waals surface area contributed by atoms with Gasteiger partial charge in [0.2, 0.25) is 0 Å². The van der Waals surface area contributed by atoms with E-state index in [1.165, 1.54) is 10.9 Å². The predicted octanol–water partition coefficient (Wildman–Crippen LogP) is 15.7. The van der Waals surface area contributed by atoms with Crippen LogP contribution in [0, 0.1) is 0 Å². The Hall–Kier alpha value is -8.47. The molecule has 0 atom stereocenters. The lowest BCUT2D eigenvalue weighted by molar-refractivity contribution is 0.669. The number of aromatic nitrogens is 3. The third-order valence-electron chi connectivity index (χ3n) is 12.1. The minimum atomic E-state index is 0.695. The van der Waals surface area contributed by atoms with Gasteiger partial charge in [0.25, 0.3) is 0 Å². The highest BCUT2D eigenvalue weighted by atomic mass is 16.3. The van der Waals surface area contributed by atoms with E-state index in [0.29, 0.717) is 5.82 Å². The zero-order chi connectivity index (χ0) is 41.7. The Morgan fingerprint density at radius 1 is 0.286 bits per heavy atom. The standard InChI is InChI=1S/C59H37N3O/c1-4-15-38(16-5-1)45-21-14-22-46(35-45)52-37-51(61-59(62-52)44-19-8-3-9-20-44)41-31-27-39(28-32-41)40-29-33-42(34-30-40)55-56-47-23-10-12-25-50(47)60-58(43-17-6-2-7-18-43)49(56)36-54-57(55)48-24-11-13-26-53(48)63-54/h1-37H. The Kier molecular flexibility index (Phi) is 8.79. The molecule has 63 heavy (non-hydrogen) atoms. The first-order valence-electron chi connectivity index (χ1n) is 21.3. The highest BCUT2D eigenvalue weighted by Gasteiger charge is 2.22. The normalized spacial score (nSPS) is 11.5. The van der Waals surface area contributed by atoms with Gasteiger partial charge in [0.1, 0.15) is 11.2 Å². The summed E-state index contributed by atoms with van der Waals surface area (Å²) in [5.41, 5.74) is 16.3. The number of rotatable bonds is 7. The molecule has 0 aliphatic carbocycles. The second-order valence-electron chi connectivity index (χ2n) is 15.9. The molecule has 0 amide bonds. The summed E-state index contributed by atoms with van der Waals surface area (Å²) in [4.78, 5) is 15.5. The Labute approximate surface area is 364 Å². The number of fused-ring (bicyclic) bond motifs is 6. The third-order valence-corrected chi connectivity index (χ3v) is 12.1. The third kappa shape index (κ3) is 6.53. The lowest BCUT2D eigenvalue weighted by Crippen LogP contribution is -1.96. The molecule has 3 aromatic heterocycles. The van der Waals surface area contributed by atoms with Crippen LogP contribution in [0.1, 0.15) is 0 Å². The first kappa shape index (κ1) is 36.4. The summed E-state index contributed by atoms with van der Waals surface area (Å²) in [7, 11) is 0. The van der Waals surface area contributed by atoms with Crippen molar-refractivity contribution >= 4 is 43.6 Å². The first-order chi connectivity index (χ1) is 31.2. The fourth-order valence-corrected chi connectivity index (χ4v) is 9.03. The zero-order valence-electron chi connectivity index (χ0n) is 34.1. The van der Waals surface area contributed by atoms with Crippen LogP contribution in [0.5, 0.6) is 0 Å². The second kappa shape index (κ2) is 15.2. The van der Waals surface area contributed by atoms with Gasteiger partial charge in [-0.2, -0.15) is 0 Å². The number of nitrogens with zero attached hydrogens (tertiary/aromatic N) is 3. The van der Waals surface area contributed by atoms with Crippen molar-refractivity contribution in [1.82, 2.24) is 15.0 Å². The van der Waals surface area contributed by atoms with Gasteiger partial charge in [-0.15, -0.1) is 0 Å². The van der Waals surface area contributed by atoms with Gasteiger partial charge in [-0.3, -0.25) is 0 Å². The summed E-state index contributed by atoms with van der Waals surface area (Å²) >= 11 is 0. The van der Waals surface area contributed by atoms with Crippen LogP contribution >= 0.6 is 0 Å². The summed E-state index contributed by atoms with van der Waals surface area (Å²) < 4.78 is 6.62. The molecule has 0 aliphatic heterocycles. The molecule has 12 aromatic rings. The van der Waals surface area contributed by atoms with Crippen LogP contribution in [0.15, 0.2) is 229 Å². The Bertz CT molecular complexity index is 3640. The van der Waals surface area contributed by atoms with E-state index in [0.717, 1.165) is 105 Å². The van der Waals surface area contributed by atoms with E-state index in [2.05, 4.69) is 188 Å². The predicted molar refractivity (Wildman–Crippen MR) is 260 cm³/mol. The van der Waals surface area contributed by atoms with E-state index >= 15 is 0 Å². The highest BCUT2D eigenvalue weighted by molar-refractivity contribution is 6.27. The van der Waals surface area contributed by atoms with Gasteiger partial charge in [-0.05, 0) is 58.1 Å². The zero-order valence-corrected chi connectivity index (χ0v) is 34.1. The molecule has 9 aromatic carbocycles. The van der Waals surface area contributed by atoms with Crippen LogP contribution < -0.4 is 0 Å². The maximum atomic E-state index is 6.62. The molecule has 294 valence electrons. The number of furan rings is 1. The SMILES string of the molecule is c1ccc(-c2cccc(-c3cc(-c4ccc(-c5ccc(-c6c7c(cc8c(-c9ccccc9)nc9ccccc9c68)oc6ccccc67)cc5)cc4)nc(-c4ccccc4)n3)c2)cc1. The Balaban J connectivity index is 0.962. The number of hydrogen-bond acceptors (Lipinski definition) is 4. The molecular weight excluding hydrogens is 767 g/mol. The molecular formula is C59H37N3O. The summed E-state index contributed by atoms with van der Waals surface area (Å²) in [6.45, 7) is 0. The van der Waals surface area contributed by atoms with Crippen molar-refractivity contribution in [3.63, 3.8) is 0 Å². The summed E-state index contributed by atoms with van der Waals surface area (Å²) in [6.07, 6.45) is 0. The van der Waals surface area contributed by atoms with E-state index in [-0.39, 0.29) is 0 Å². The van der Waals surface area contributed by atoms with Crippen molar-refractivity contribution in [3.8, 4) is 78.5 Å². The van der Waals surface area contributed by atoms with E-state index < -0.39 is 0 Å². The van der Waals surface area contributed by atoms with Crippen LogP contribution in [0.25, 0.3) is 122 Å². The highest BCUT2D eigenvalue weighted by Crippen LogP contribution is 2.46. The van der Waals surface area contributed by atoms with Gasteiger partial charge in [0.05, 0.1) is 22.6 Å². The van der Waals surface area contributed by atoms with Crippen molar-refractivity contribution < 1.29 is 4.42 Å². The maximum absolute atomic E-state index is 6.62. The Morgan fingerprint density at radius 2 is 0.810 bits per heavy atom. The van der Waals surface area contributed by atoms with Gasteiger partial charge in [-0.1, -0.05) is 194 Å².